The molecule has 0 saturated heterocycles. The fourth-order valence-corrected chi connectivity index (χ4v) is 9.43. The topological polar surface area (TPSA) is 37.3 Å². The highest BCUT2D eigenvalue weighted by Gasteiger charge is 2.44. The minimum absolute atomic E-state index is 0.155. The Morgan fingerprint density at radius 1 is 0.889 bits per heavy atom. The van der Waals surface area contributed by atoms with Gasteiger partial charge in [0, 0.05) is 0 Å². The van der Waals surface area contributed by atoms with Gasteiger partial charge in [-0.05, 0) is 79.3 Å². The van der Waals surface area contributed by atoms with Crippen LogP contribution in [-0.2, 0) is 4.79 Å². The quantitative estimate of drug-likeness (QED) is 0.315. The Morgan fingerprint density at radius 3 is 1.78 bits per heavy atom. The number of allylic oxidation sites excluding steroid dienone is 5. The third-order valence-electron chi connectivity index (χ3n) is 7.30. The summed E-state index contributed by atoms with van der Waals surface area (Å²) in [5.41, 5.74) is 2.60. The van der Waals surface area contributed by atoms with E-state index in [1.165, 1.54) is 15.9 Å². The van der Waals surface area contributed by atoms with E-state index in [9.17, 15) is 9.90 Å². The Hall–Kier alpha value is -3.06. The van der Waals surface area contributed by atoms with E-state index in [0.29, 0.717) is 12.0 Å². The molecular weight excluding hydrogens is 459 g/mol. The standard InChI is InChI=1S/C33H36O2P/c1-25(20-21-30-26(2)32(35)31(34)24-33(30,3)4)22-23-36(27-14-8-5-9-15-27,28-16-10-6-11-17-28)29-18-12-7-13-19-29/h5-22,31,34H,23-24H2,1-4H3/q+1/b21-20+,25-22+. The maximum absolute atomic E-state index is 12.4. The molecule has 3 heteroatoms. The SMILES string of the molecule is CC1=C(/C=C/C(C)=C/C[P+](c2ccccc2)(c2ccccc2)c2ccccc2)C(C)(C)CC(O)C1=O. The lowest BCUT2D eigenvalue weighted by Crippen LogP contribution is -2.35. The van der Waals surface area contributed by atoms with Crippen molar-refractivity contribution in [3.05, 3.63) is 126 Å². The highest BCUT2D eigenvalue weighted by molar-refractivity contribution is 7.95. The number of hydrogen-bond donors (Lipinski definition) is 1. The molecule has 1 aliphatic rings. The van der Waals surface area contributed by atoms with Gasteiger partial charge in [0.15, 0.2) is 5.78 Å². The zero-order chi connectivity index (χ0) is 25.8. The fraction of sp³-hybridized carbons (Fsp3) is 0.242. The van der Waals surface area contributed by atoms with Gasteiger partial charge in [-0.1, -0.05) is 86.2 Å². The molecule has 1 aliphatic carbocycles. The van der Waals surface area contributed by atoms with Crippen molar-refractivity contribution in [3.63, 3.8) is 0 Å². The molecule has 0 aromatic heterocycles. The number of aliphatic hydroxyl groups is 1. The van der Waals surface area contributed by atoms with Crippen molar-refractivity contribution in [2.45, 2.75) is 40.2 Å². The van der Waals surface area contributed by atoms with Gasteiger partial charge in [-0.25, -0.2) is 0 Å². The number of aliphatic hydroxyl groups excluding tert-OH is 1. The molecule has 0 radical (unpaired) electrons. The van der Waals surface area contributed by atoms with Crippen molar-refractivity contribution < 1.29 is 9.90 Å². The first-order chi connectivity index (χ1) is 17.3. The molecule has 3 aromatic rings. The van der Waals surface area contributed by atoms with Gasteiger partial charge in [-0.3, -0.25) is 4.79 Å². The normalized spacial score (nSPS) is 18.6. The van der Waals surface area contributed by atoms with Gasteiger partial charge in [-0.15, -0.1) is 0 Å². The zero-order valence-electron chi connectivity index (χ0n) is 21.7. The summed E-state index contributed by atoms with van der Waals surface area (Å²) in [5.74, 6) is -0.155. The number of hydrogen-bond acceptors (Lipinski definition) is 2. The molecule has 184 valence electrons. The Kier molecular flexibility index (Phi) is 7.88. The van der Waals surface area contributed by atoms with E-state index in [2.05, 4.69) is 130 Å². The van der Waals surface area contributed by atoms with Crippen LogP contribution >= 0.6 is 7.26 Å². The van der Waals surface area contributed by atoms with Gasteiger partial charge < -0.3 is 5.11 Å². The predicted octanol–water partition coefficient (Wildman–Crippen LogP) is 6.16. The van der Waals surface area contributed by atoms with Crippen LogP contribution in [0.2, 0.25) is 0 Å². The molecule has 0 saturated carbocycles. The Bertz CT molecular complexity index is 1190. The number of ketones is 1. The highest BCUT2D eigenvalue weighted by atomic mass is 31.2. The minimum Gasteiger partial charge on any atom is -0.385 e. The summed E-state index contributed by atoms with van der Waals surface area (Å²) in [4.78, 5) is 12.4. The van der Waals surface area contributed by atoms with E-state index < -0.39 is 13.4 Å². The molecule has 1 unspecified atom stereocenters. The smallest absolute Gasteiger partial charge is 0.187 e. The Balaban J connectivity index is 1.77. The maximum Gasteiger partial charge on any atom is 0.187 e. The van der Waals surface area contributed by atoms with E-state index >= 15 is 0 Å². The Morgan fingerprint density at radius 2 is 1.33 bits per heavy atom. The molecule has 0 fully saturated rings. The van der Waals surface area contributed by atoms with E-state index in [1.807, 2.05) is 6.92 Å². The van der Waals surface area contributed by atoms with Gasteiger partial charge in [0.05, 0.1) is 6.16 Å². The van der Waals surface area contributed by atoms with Gasteiger partial charge in [0.25, 0.3) is 0 Å². The van der Waals surface area contributed by atoms with Crippen LogP contribution in [-0.4, -0.2) is 23.2 Å². The third-order valence-corrected chi connectivity index (χ3v) is 11.6. The second kappa shape index (κ2) is 10.9. The molecule has 0 bridgehead atoms. The van der Waals surface area contributed by atoms with Crippen LogP contribution in [0.25, 0.3) is 0 Å². The van der Waals surface area contributed by atoms with E-state index in [-0.39, 0.29) is 11.2 Å². The lowest BCUT2D eigenvalue weighted by Gasteiger charge is -2.34. The molecule has 0 aliphatic heterocycles. The van der Waals surface area contributed by atoms with Crippen molar-refractivity contribution >= 4 is 29.0 Å². The Labute approximate surface area is 216 Å². The van der Waals surface area contributed by atoms with Gasteiger partial charge in [-0.2, -0.15) is 0 Å². The van der Waals surface area contributed by atoms with Crippen LogP contribution in [0.15, 0.2) is 126 Å². The van der Waals surface area contributed by atoms with Crippen LogP contribution in [0, 0.1) is 5.41 Å². The first-order valence-corrected chi connectivity index (χ1v) is 14.6. The van der Waals surface area contributed by atoms with Crippen LogP contribution in [0.3, 0.4) is 0 Å². The summed E-state index contributed by atoms with van der Waals surface area (Å²) >= 11 is 0. The van der Waals surface area contributed by atoms with Crippen LogP contribution in [0.4, 0.5) is 0 Å². The summed E-state index contributed by atoms with van der Waals surface area (Å²) in [5, 5.41) is 14.3. The fourth-order valence-electron chi connectivity index (χ4n) is 5.30. The van der Waals surface area contributed by atoms with E-state index in [1.54, 1.807) is 0 Å². The lowest BCUT2D eigenvalue weighted by atomic mass is 9.71. The number of benzene rings is 3. The van der Waals surface area contributed by atoms with Crippen molar-refractivity contribution in [3.8, 4) is 0 Å². The zero-order valence-corrected chi connectivity index (χ0v) is 22.6. The molecule has 36 heavy (non-hydrogen) atoms. The summed E-state index contributed by atoms with van der Waals surface area (Å²) < 4.78 is 0. The lowest BCUT2D eigenvalue weighted by molar-refractivity contribution is -0.125. The largest absolute Gasteiger partial charge is 0.385 e. The van der Waals surface area contributed by atoms with Gasteiger partial charge in [0.2, 0.25) is 0 Å². The molecular formula is C33H36O2P+. The predicted molar refractivity (Wildman–Crippen MR) is 155 cm³/mol. The van der Waals surface area contributed by atoms with Crippen LogP contribution < -0.4 is 15.9 Å². The number of rotatable bonds is 7. The first-order valence-electron chi connectivity index (χ1n) is 12.6. The van der Waals surface area contributed by atoms with Crippen LogP contribution in [0.1, 0.15) is 34.1 Å². The average Bonchev–Trinajstić information content (AvgIpc) is 2.89. The summed E-state index contributed by atoms with van der Waals surface area (Å²) in [7, 11) is -1.93. The van der Waals surface area contributed by atoms with Gasteiger partial charge in [0.1, 0.15) is 29.3 Å². The number of Topliss-reactive ketones (excluding diaryl/α,β-unsaturated/α-hetero) is 1. The van der Waals surface area contributed by atoms with Crippen molar-refractivity contribution in [1.82, 2.24) is 0 Å². The van der Waals surface area contributed by atoms with Crippen molar-refractivity contribution in [2.75, 3.05) is 6.16 Å². The summed E-state index contributed by atoms with van der Waals surface area (Å²) in [6.07, 6.45) is 7.01. The van der Waals surface area contributed by atoms with Gasteiger partial charge >= 0.3 is 0 Å². The second-order valence-corrected chi connectivity index (χ2v) is 13.8. The monoisotopic (exact) mass is 495 g/mol. The molecule has 1 N–H and O–H groups in total. The third kappa shape index (κ3) is 5.21. The minimum atomic E-state index is -1.93. The van der Waals surface area contributed by atoms with E-state index in [0.717, 1.165) is 17.3 Å². The average molecular weight is 496 g/mol. The maximum atomic E-state index is 12.4. The summed E-state index contributed by atoms with van der Waals surface area (Å²) in [6, 6.07) is 32.7. The van der Waals surface area contributed by atoms with E-state index in [4.69, 9.17) is 0 Å². The van der Waals surface area contributed by atoms with Crippen molar-refractivity contribution in [1.29, 1.82) is 0 Å². The molecule has 0 heterocycles. The molecule has 0 spiro atoms. The molecule has 4 rings (SSSR count). The molecule has 0 amide bonds. The van der Waals surface area contributed by atoms with Crippen LogP contribution in [0.5, 0.6) is 0 Å². The second-order valence-electron chi connectivity index (χ2n) is 10.3. The first kappa shape index (κ1) is 26.0. The number of carbonyl (C=O) groups excluding carboxylic acids is 1. The molecule has 3 aromatic carbocycles. The molecule has 1 atom stereocenters. The molecule has 2 nitrogen and oxygen atoms in total. The van der Waals surface area contributed by atoms with Crippen molar-refractivity contribution in [2.24, 2.45) is 5.41 Å². The highest BCUT2D eigenvalue weighted by Crippen LogP contribution is 2.55. The summed E-state index contributed by atoms with van der Waals surface area (Å²) in [6.45, 7) is 8.17. The number of carbonyl (C=O) groups is 1.